The largest absolute Gasteiger partial charge is 0.303 e. The predicted molar refractivity (Wildman–Crippen MR) is 69.8 cm³/mol. The minimum absolute atomic E-state index is 0.435. The van der Waals surface area contributed by atoms with Crippen molar-refractivity contribution in [3.63, 3.8) is 0 Å². The van der Waals surface area contributed by atoms with E-state index >= 15 is 0 Å². The highest BCUT2D eigenvalue weighted by Crippen LogP contribution is 2.18. The van der Waals surface area contributed by atoms with E-state index in [9.17, 15) is 4.79 Å². The zero-order valence-electron chi connectivity index (χ0n) is 10.8. The van der Waals surface area contributed by atoms with E-state index < -0.39 is 5.91 Å². The molecular formula is C14H20N2O2. The molecule has 0 spiro atoms. The summed E-state index contributed by atoms with van der Waals surface area (Å²) >= 11 is 0. The average molecular weight is 248 g/mol. The number of aryl methyl sites for hydroxylation is 1. The second-order valence-electron chi connectivity index (χ2n) is 4.71. The first-order valence-corrected chi connectivity index (χ1v) is 6.53. The number of carbonyl (C=O) groups is 1. The van der Waals surface area contributed by atoms with Crippen molar-refractivity contribution >= 4 is 5.91 Å². The van der Waals surface area contributed by atoms with Gasteiger partial charge in [0.25, 0.3) is 5.91 Å². The summed E-state index contributed by atoms with van der Waals surface area (Å²) in [7, 11) is 0. The fraction of sp³-hybridized carbons (Fsp3) is 0.500. The van der Waals surface area contributed by atoms with Crippen molar-refractivity contribution in [2.45, 2.75) is 26.2 Å². The van der Waals surface area contributed by atoms with E-state index in [1.807, 2.05) is 12.1 Å². The average Bonchev–Trinajstić information content (AvgIpc) is 2.38. The van der Waals surface area contributed by atoms with Crippen LogP contribution in [0.15, 0.2) is 18.2 Å². The first-order valence-electron chi connectivity index (χ1n) is 6.53. The first-order chi connectivity index (χ1) is 8.74. The number of rotatable bonds is 2. The number of nitrogens with one attached hydrogen (secondary N) is 1. The third kappa shape index (κ3) is 2.89. The number of hydrogen-bond acceptors (Lipinski definition) is 3. The molecule has 0 bridgehead atoms. The van der Waals surface area contributed by atoms with Crippen molar-refractivity contribution in [3.05, 3.63) is 34.9 Å². The highest BCUT2D eigenvalue weighted by Gasteiger charge is 2.13. The van der Waals surface area contributed by atoms with Crippen LogP contribution in [0.3, 0.4) is 0 Å². The molecule has 0 saturated heterocycles. The van der Waals surface area contributed by atoms with Crippen LogP contribution in [0.4, 0.5) is 0 Å². The Hall–Kier alpha value is -1.39. The molecule has 98 valence electrons. The quantitative estimate of drug-likeness (QED) is 0.617. The summed E-state index contributed by atoms with van der Waals surface area (Å²) in [5, 5.41) is 8.65. The van der Waals surface area contributed by atoms with Crippen LogP contribution in [0.5, 0.6) is 0 Å². The normalized spacial score (nSPS) is 16.6. The van der Waals surface area contributed by atoms with Gasteiger partial charge in [0, 0.05) is 12.1 Å². The Bertz CT molecular complexity index is 432. The monoisotopic (exact) mass is 248 g/mol. The Morgan fingerprint density at radius 3 is 2.89 bits per heavy atom. The van der Waals surface area contributed by atoms with E-state index in [0.29, 0.717) is 5.56 Å². The van der Waals surface area contributed by atoms with Crippen LogP contribution >= 0.6 is 0 Å². The van der Waals surface area contributed by atoms with Crippen LogP contribution < -0.4 is 5.48 Å². The zero-order chi connectivity index (χ0) is 13.0. The van der Waals surface area contributed by atoms with Crippen LogP contribution in [0.25, 0.3) is 0 Å². The number of fused-ring (bicyclic) bond motifs is 1. The summed E-state index contributed by atoms with van der Waals surface area (Å²) < 4.78 is 0. The topological polar surface area (TPSA) is 52.6 Å². The van der Waals surface area contributed by atoms with Gasteiger partial charge in [-0.2, -0.15) is 0 Å². The third-order valence-electron chi connectivity index (χ3n) is 3.64. The molecule has 1 aromatic carbocycles. The Kier molecular flexibility index (Phi) is 4.33. The van der Waals surface area contributed by atoms with Gasteiger partial charge >= 0.3 is 0 Å². The molecule has 0 radical (unpaired) electrons. The van der Waals surface area contributed by atoms with E-state index in [0.717, 1.165) is 38.9 Å². The minimum Gasteiger partial charge on any atom is -0.303 e. The van der Waals surface area contributed by atoms with E-state index in [2.05, 4.69) is 11.8 Å². The van der Waals surface area contributed by atoms with Crippen molar-refractivity contribution in [1.29, 1.82) is 0 Å². The Labute approximate surface area is 108 Å². The van der Waals surface area contributed by atoms with Gasteiger partial charge in [-0.05, 0) is 55.6 Å². The molecule has 2 rings (SSSR count). The smallest absolute Gasteiger partial charge is 0.274 e. The summed E-state index contributed by atoms with van der Waals surface area (Å²) in [6.45, 7) is 5.49. The zero-order valence-corrected chi connectivity index (χ0v) is 10.8. The van der Waals surface area contributed by atoms with Gasteiger partial charge in [0.2, 0.25) is 0 Å². The Morgan fingerprint density at radius 2 is 2.17 bits per heavy atom. The second-order valence-corrected chi connectivity index (χ2v) is 4.71. The molecule has 1 amide bonds. The molecule has 4 heteroatoms. The molecule has 0 saturated carbocycles. The van der Waals surface area contributed by atoms with Gasteiger partial charge in [0.15, 0.2) is 0 Å². The number of benzene rings is 1. The van der Waals surface area contributed by atoms with Crippen LogP contribution in [-0.2, 0) is 12.8 Å². The van der Waals surface area contributed by atoms with Crippen LogP contribution in [-0.4, -0.2) is 35.6 Å². The molecule has 0 fully saturated rings. The maximum Gasteiger partial charge on any atom is 0.274 e. The molecule has 1 aliphatic heterocycles. The van der Waals surface area contributed by atoms with Gasteiger partial charge in [0.1, 0.15) is 0 Å². The molecule has 4 nitrogen and oxygen atoms in total. The Balaban J connectivity index is 2.20. The van der Waals surface area contributed by atoms with Gasteiger partial charge in [-0.15, -0.1) is 0 Å². The molecule has 0 aromatic heterocycles. The second kappa shape index (κ2) is 5.98. The van der Waals surface area contributed by atoms with Gasteiger partial charge < -0.3 is 4.90 Å². The summed E-state index contributed by atoms with van der Waals surface area (Å²) in [6.07, 6.45) is 3.15. The molecule has 2 N–H and O–H groups in total. The number of carbonyl (C=O) groups excluding carboxylic acids is 1. The van der Waals surface area contributed by atoms with Crippen LogP contribution in [0, 0.1) is 0 Å². The molecule has 0 aliphatic carbocycles. The summed E-state index contributed by atoms with van der Waals surface area (Å²) in [6, 6.07) is 5.70. The number of hydroxylamine groups is 1. The van der Waals surface area contributed by atoms with Crippen molar-refractivity contribution in [2.75, 3.05) is 19.6 Å². The SMILES string of the molecule is CCN1CCCc2cc(C(=O)NO)ccc2CC1. The van der Waals surface area contributed by atoms with Gasteiger partial charge in [0.05, 0.1) is 0 Å². The minimum atomic E-state index is -0.435. The van der Waals surface area contributed by atoms with E-state index in [1.54, 1.807) is 11.5 Å². The van der Waals surface area contributed by atoms with E-state index in [-0.39, 0.29) is 0 Å². The fourth-order valence-electron chi connectivity index (χ4n) is 2.51. The number of amides is 1. The lowest BCUT2D eigenvalue weighted by Gasteiger charge is -2.24. The summed E-state index contributed by atoms with van der Waals surface area (Å²) in [4.78, 5) is 13.8. The lowest BCUT2D eigenvalue weighted by Crippen LogP contribution is -2.29. The van der Waals surface area contributed by atoms with Crippen molar-refractivity contribution < 1.29 is 10.0 Å². The number of hydrogen-bond donors (Lipinski definition) is 2. The number of nitrogens with zero attached hydrogens (tertiary/aromatic N) is 1. The first kappa shape index (κ1) is 13.1. The molecule has 1 aliphatic rings. The highest BCUT2D eigenvalue weighted by molar-refractivity contribution is 5.93. The maximum absolute atomic E-state index is 11.4. The summed E-state index contributed by atoms with van der Waals surface area (Å²) in [5.74, 6) is -0.435. The van der Waals surface area contributed by atoms with Crippen molar-refractivity contribution in [2.24, 2.45) is 0 Å². The van der Waals surface area contributed by atoms with Gasteiger partial charge in [-0.1, -0.05) is 13.0 Å². The maximum atomic E-state index is 11.4. The molecule has 0 unspecified atom stereocenters. The predicted octanol–water partition coefficient (Wildman–Crippen LogP) is 1.62. The van der Waals surface area contributed by atoms with Gasteiger partial charge in [-0.3, -0.25) is 10.0 Å². The van der Waals surface area contributed by atoms with E-state index in [1.165, 1.54) is 11.1 Å². The highest BCUT2D eigenvalue weighted by atomic mass is 16.5. The lowest BCUT2D eigenvalue weighted by atomic mass is 9.96. The molecule has 1 aromatic rings. The molecule has 0 atom stereocenters. The van der Waals surface area contributed by atoms with Crippen molar-refractivity contribution in [3.8, 4) is 0 Å². The lowest BCUT2D eigenvalue weighted by molar-refractivity contribution is 0.0706. The van der Waals surface area contributed by atoms with Gasteiger partial charge in [-0.25, -0.2) is 5.48 Å². The third-order valence-corrected chi connectivity index (χ3v) is 3.64. The fourth-order valence-corrected chi connectivity index (χ4v) is 2.51. The summed E-state index contributed by atoms with van der Waals surface area (Å²) in [5.41, 5.74) is 4.78. The number of likely N-dealkylation sites (N-methyl/N-ethyl adjacent to an activating group) is 1. The molecular weight excluding hydrogens is 228 g/mol. The van der Waals surface area contributed by atoms with Crippen LogP contribution in [0.2, 0.25) is 0 Å². The van der Waals surface area contributed by atoms with Crippen molar-refractivity contribution in [1.82, 2.24) is 10.4 Å². The van der Waals surface area contributed by atoms with Crippen LogP contribution in [0.1, 0.15) is 34.8 Å². The standard InChI is InChI=1S/C14H20N2O2/c1-2-16-8-3-4-12-10-13(14(17)15-18)6-5-11(12)7-9-16/h5-6,10,18H,2-4,7-9H2,1H3,(H,15,17). The molecule has 1 heterocycles. The van der Waals surface area contributed by atoms with E-state index in [4.69, 9.17) is 5.21 Å². The molecule has 18 heavy (non-hydrogen) atoms. The Morgan fingerprint density at radius 1 is 1.33 bits per heavy atom.